The van der Waals surface area contributed by atoms with Crippen molar-refractivity contribution < 1.29 is 4.74 Å². The van der Waals surface area contributed by atoms with Crippen LogP contribution in [0.15, 0.2) is 41.1 Å². The van der Waals surface area contributed by atoms with Gasteiger partial charge in [-0.15, -0.1) is 0 Å². The van der Waals surface area contributed by atoms with Crippen LogP contribution in [0.1, 0.15) is 24.1 Å². The molecule has 1 aromatic carbocycles. The lowest BCUT2D eigenvalue weighted by atomic mass is 10.2. The highest BCUT2D eigenvalue weighted by atomic mass is 79.9. The topological polar surface area (TPSA) is 47.0 Å². The molecule has 0 amide bonds. The minimum atomic E-state index is 0.482. The molecule has 1 aliphatic carbocycles. The SMILES string of the molecule is Brc1ccccc1COc1cncc(CNC2CC2)n1. The number of nitrogens with one attached hydrogen (secondary N) is 1. The molecule has 3 rings (SSSR count). The molecule has 0 saturated heterocycles. The lowest BCUT2D eigenvalue weighted by Gasteiger charge is -2.08. The number of halogens is 1. The number of hydrogen-bond acceptors (Lipinski definition) is 4. The average Bonchev–Trinajstić information content (AvgIpc) is 3.29. The molecule has 1 saturated carbocycles. The van der Waals surface area contributed by atoms with E-state index in [1.807, 2.05) is 24.3 Å². The first-order valence-electron chi connectivity index (χ1n) is 6.72. The smallest absolute Gasteiger partial charge is 0.232 e. The van der Waals surface area contributed by atoms with Gasteiger partial charge in [-0.3, -0.25) is 4.98 Å². The predicted octanol–water partition coefficient (Wildman–Crippen LogP) is 3.07. The molecule has 20 heavy (non-hydrogen) atoms. The van der Waals surface area contributed by atoms with Crippen LogP contribution in [0, 0.1) is 0 Å². The van der Waals surface area contributed by atoms with E-state index in [-0.39, 0.29) is 0 Å². The summed E-state index contributed by atoms with van der Waals surface area (Å²) in [5, 5.41) is 3.42. The molecular formula is C15H16BrN3O. The zero-order chi connectivity index (χ0) is 13.8. The first kappa shape index (κ1) is 13.5. The van der Waals surface area contributed by atoms with Crippen LogP contribution < -0.4 is 10.1 Å². The Bertz CT molecular complexity index is 587. The summed E-state index contributed by atoms with van der Waals surface area (Å²) in [6.07, 6.45) is 5.97. The molecule has 104 valence electrons. The largest absolute Gasteiger partial charge is 0.472 e. The zero-order valence-corrected chi connectivity index (χ0v) is 12.6. The van der Waals surface area contributed by atoms with Crippen molar-refractivity contribution in [1.29, 1.82) is 0 Å². The molecule has 1 N–H and O–H groups in total. The number of ether oxygens (including phenoxy) is 1. The van der Waals surface area contributed by atoms with Gasteiger partial charge < -0.3 is 10.1 Å². The number of rotatable bonds is 6. The van der Waals surface area contributed by atoms with Crippen molar-refractivity contribution in [3.05, 3.63) is 52.4 Å². The molecule has 2 aromatic rings. The van der Waals surface area contributed by atoms with Crippen molar-refractivity contribution in [2.24, 2.45) is 0 Å². The van der Waals surface area contributed by atoms with Gasteiger partial charge in [0.1, 0.15) is 6.61 Å². The number of hydrogen-bond donors (Lipinski definition) is 1. The minimum absolute atomic E-state index is 0.482. The molecule has 1 fully saturated rings. The van der Waals surface area contributed by atoms with Crippen LogP contribution in [-0.4, -0.2) is 16.0 Å². The fraction of sp³-hybridized carbons (Fsp3) is 0.333. The van der Waals surface area contributed by atoms with Crippen LogP contribution in [0.5, 0.6) is 5.88 Å². The summed E-state index contributed by atoms with van der Waals surface area (Å²) in [5.41, 5.74) is 2.01. The average molecular weight is 334 g/mol. The van der Waals surface area contributed by atoms with Crippen molar-refractivity contribution in [3.63, 3.8) is 0 Å². The van der Waals surface area contributed by atoms with E-state index < -0.39 is 0 Å². The van der Waals surface area contributed by atoms with Crippen molar-refractivity contribution in [1.82, 2.24) is 15.3 Å². The quantitative estimate of drug-likeness (QED) is 0.882. The predicted molar refractivity (Wildman–Crippen MR) is 80.4 cm³/mol. The molecule has 1 heterocycles. The fourth-order valence-electron chi connectivity index (χ4n) is 1.84. The Hall–Kier alpha value is -1.46. The number of aromatic nitrogens is 2. The highest BCUT2D eigenvalue weighted by molar-refractivity contribution is 9.10. The van der Waals surface area contributed by atoms with Gasteiger partial charge in [0.25, 0.3) is 0 Å². The lowest BCUT2D eigenvalue weighted by Crippen LogP contribution is -2.16. The van der Waals surface area contributed by atoms with Crippen molar-refractivity contribution >= 4 is 15.9 Å². The summed E-state index contributed by atoms with van der Waals surface area (Å²) in [5.74, 6) is 0.566. The molecule has 1 aliphatic rings. The molecule has 0 atom stereocenters. The molecule has 5 heteroatoms. The molecular weight excluding hydrogens is 318 g/mol. The van der Waals surface area contributed by atoms with Gasteiger partial charge in [-0.2, -0.15) is 0 Å². The summed E-state index contributed by atoms with van der Waals surface area (Å²) in [6.45, 7) is 1.24. The van der Waals surface area contributed by atoms with Gasteiger partial charge >= 0.3 is 0 Å². The van der Waals surface area contributed by atoms with Crippen molar-refractivity contribution in [2.45, 2.75) is 32.0 Å². The standard InChI is InChI=1S/C15H16BrN3O/c16-14-4-2-1-3-11(14)10-20-15-9-17-7-13(19-15)8-18-12-5-6-12/h1-4,7,9,12,18H,5-6,8,10H2. The van der Waals surface area contributed by atoms with E-state index in [4.69, 9.17) is 4.74 Å². The van der Waals surface area contributed by atoms with Gasteiger partial charge in [0.2, 0.25) is 5.88 Å². The molecule has 4 nitrogen and oxygen atoms in total. The second-order valence-electron chi connectivity index (χ2n) is 4.88. The summed E-state index contributed by atoms with van der Waals surface area (Å²) < 4.78 is 6.75. The Kier molecular flexibility index (Phi) is 4.28. The van der Waals surface area contributed by atoms with E-state index in [0.717, 1.165) is 22.3 Å². The van der Waals surface area contributed by atoms with Crippen LogP contribution in [0.25, 0.3) is 0 Å². The van der Waals surface area contributed by atoms with E-state index in [2.05, 4.69) is 31.2 Å². The highest BCUT2D eigenvalue weighted by Crippen LogP contribution is 2.20. The molecule has 1 aromatic heterocycles. The Labute approximate surface area is 126 Å². The Morgan fingerprint density at radius 2 is 2.10 bits per heavy atom. The molecule has 0 bridgehead atoms. The maximum absolute atomic E-state index is 5.70. The van der Waals surface area contributed by atoms with E-state index in [1.54, 1.807) is 12.4 Å². The first-order chi connectivity index (χ1) is 9.81. The molecule has 0 spiro atoms. The van der Waals surface area contributed by atoms with E-state index >= 15 is 0 Å². The van der Waals surface area contributed by atoms with Gasteiger partial charge in [-0.1, -0.05) is 34.1 Å². The van der Waals surface area contributed by atoms with Crippen LogP contribution in [0.4, 0.5) is 0 Å². The highest BCUT2D eigenvalue weighted by Gasteiger charge is 2.20. The van der Waals surface area contributed by atoms with Crippen LogP contribution in [0.2, 0.25) is 0 Å². The Balaban J connectivity index is 1.59. The third-order valence-corrected chi connectivity index (χ3v) is 3.92. The summed E-state index contributed by atoms with van der Waals surface area (Å²) in [6, 6.07) is 8.67. The lowest BCUT2D eigenvalue weighted by molar-refractivity contribution is 0.290. The Morgan fingerprint density at radius 1 is 1.25 bits per heavy atom. The Morgan fingerprint density at radius 3 is 2.90 bits per heavy atom. The van der Waals surface area contributed by atoms with Gasteiger partial charge in [0.15, 0.2) is 0 Å². The van der Waals surface area contributed by atoms with Gasteiger partial charge in [-0.25, -0.2) is 4.98 Å². The van der Waals surface area contributed by atoms with E-state index in [9.17, 15) is 0 Å². The van der Waals surface area contributed by atoms with Crippen LogP contribution in [-0.2, 0) is 13.2 Å². The maximum atomic E-state index is 5.70. The summed E-state index contributed by atoms with van der Waals surface area (Å²) in [4.78, 5) is 8.63. The van der Waals surface area contributed by atoms with Gasteiger partial charge in [0.05, 0.1) is 11.9 Å². The maximum Gasteiger partial charge on any atom is 0.232 e. The normalized spacial score (nSPS) is 14.2. The number of benzene rings is 1. The second-order valence-corrected chi connectivity index (χ2v) is 5.74. The number of nitrogens with zero attached hydrogens (tertiary/aromatic N) is 2. The van der Waals surface area contributed by atoms with Crippen LogP contribution >= 0.6 is 15.9 Å². The van der Waals surface area contributed by atoms with E-state index in [1.165, 1.54) is 12.8 Å². The third kappa shape index (κ3) is 3.77. The second kappa shape index (κ2) is 6.33. The van der Waals surface area contributed by atoms with Crippen molar-refractivity contribution in [2.75, 3.05) is 0 Å². The molecule has 0 aliphatic heterocycles. The van der Waals surface area contributed by atoms with Crippen molar-refractivity contribution in [3.8, 4) is 5.88 Å². The summed E-state index contributed by atoms with van der Waals surface area (Å²) >= 11 is 3.51. The monoisotopic (exact) mass is 333 g/mol. The first-order valence-corrected chi connectivity index (χ1v) is 7.51. The third-order valence-electron chi connectivity index (χ3n) is 3.14. The molecule has 0 radical (unpaired) electrons. The minimum Gasteiger partial charge on any atom is -0.472 e. The molecule has 0 unspecified atom stereocenters. The van der Waals surface area contributed by atoms with Crippen LogP contribution in [0.3, 0.4) is 0 Å². The fourth-order valence-corrected chi connectivity index (χ4v) is 2.24. The zero-order valence-electron chi connectivity index (χ0n) is 11.1. The van der Waals surface area contributed by atoms with Gasteiger partial charge in [-0.05, 0) is 18.9 Å². The summed E-state index contributed by atoms with van der Waals surface area (Å²) in [7, 11) is 0. The van der Waals surface area contributed by atoms with Gasteiger partial charge in [0, 0.05) is 28.8 Å². The van der Waals surface area contributed by atoms with E-state index in [0.29, 0.717) is 18.5 Å².